The summed E-state index contributed by atoms with van der Waals surface area (Å²) < 4.78 is 10.9. The fraction of sp³-hybridized carbons (Fsp3) is 0.304. The Morgan fingerprint density at radius 1 is 0.966 bits per heavy atom. The van der Waals surface area contributed by atoms with E-state index < -0.39 is 0 Å². The number of carbonyl (C=O) groups excluding carboxylic acids is 2. The SMILES string of the molecule is COc1ccc(OC)c([C@H]2CC(=O)C3=C(C2)NC(=O)C[C@@H]3c2ccc(Cl)cc2)c1. The molecule has 0 aromatic heterocycles. The number of amides is 1. The van der Waals surface area contributed by atoms with Gasteiger partial charge in [0, 0.05) is 46.5 Å². The first-order chi connectivity index (χ1) is 14.0. The highest BCUT2D eigenvalue weighted by Gasteiger charge is 2.38. The van der Waals surface area contributed by atoms with Gasteiger partial charge in [0.25, 0.3) is 0 Å². The number of ketones is 1. The Balaban J connectivity index is 1.72. The highest BCUT2D eigenvalue weighted by molar-refractivity contribution is 6.30. The van der Waals surface area contributed by atoms with Crippen molar-refractivity contribution in [2.45, 2.75) is 31.1 Å². The van der Waals surface area contributed by atoms with Crippen molar-refractivity contribution in [3.05, 3.63) is 69.9 Å². The van der Waals surface area contributed by atoms with Crippen molar-refractivity contribution in [1.82, 2.24) is 5.32 Å². The van der Waals surface area contributed by atoms with Gasteiger partial charge in [0.15, 0.2) is 5.78 Å². The van der Waals surface area contributed by atoms with Crippen LogP contribution in [-0.4, -0.2) is 25.9 Å². The van der Waals surface area contributed by atoms with E-state index >= 15 is 0 Å². The summed E-state index contributed by atoms with van der Waals surface area (Å²) in [5.74, 6) is 1.08. The first kappa shape index (κ1) is 19.5. The second-order valence-electron chi connectivity index (χ2n) is 7.38. The van der Waals surface area contributed by atoms with Crippen LogP contribution >= 0.6 is 11.6 Å². The van der Waals surface area contributed by atoms with Crippen molar-refractivity contribution in [3.63, 3.8) is 0 Å². The predicted octanol–water partition coefficient (Wildman–Crippen LogP) is 4.36. The Labute approximate surface area is 174 Å². The number of benzene rings is 2. The Kier molecular flexibility index (Phi) is 5.33. The maximum atomic E-state index is 13.2. The standard InChI is InChI=1S/C23H22ClNO4/c1-28-16-7-8-21(29-2)17(11-16)14-9-19-23(20(26)10-14)18(12-22(27)25-19)13-3-5-15(24)6-4-13/h3-8,11,14,18H,9-10,12H2,1-2H3,(H,25,27)/t14-,18-/m1/s1. The van der Waals surface area contributed by atoms with Gasteiger partial charge in [-0.2, -0.15) is 0 Å². The molecule has 2 aromatic carbocycles. The van der Waals surface area contributed by atoms with Gasteiger partial charge in [0.2, 0.25) is 5.91 Å². The molecule has 1 heterocycles. The van der Waals surface area contributed by atoms with Crippen molar-refractivity contribution in [1.29, 1.82) is 0 Å². The molecule has 1 amide bonds. The van der Waals surface area contributed by atoms with Gasteiger partial charge in [-0.25, -0.2) is 0 Å². The summed E-state index contributed by atoms with van der Waals surface area (Å²) in [5.41, 5.74) is 3.27. The molecule has 2 aromatic rings. The van der Waals surface area contributed by atoms with E-state index in [2.05, 4.69) is 5.32 Å². The van der Waals surface area contributed by atoms with Crippen LogP contribution in [0.25, 0.3) is 0 Å². The number of methoxy groups -OCH3 is 2. The smallest absolute Gasteiger partial charge is 0.225 e. The monoisotopic (exact) mass is 411 g/mol. The molecule has 5 nitrogen and oxygen atoms in total. The quantitative estimate of drug-likeness (QED) is 0.811. The predicted molar refractivity (Wildman–Crippen MR) is 111 cm³/mol. The van der Waals surface area contributed by atoms with Gasteiger partial charge in [0.05, 0.1) is 14.2 Å². The molecule has 2 atom stereocenters. The van der Waals surface area contributed by atoms with Gasteiger partial charge in [-0.05, 0) is 42.3 Å². The number of carbonyl (C=O) groups is 2. The highest BCUT2D eigenvalue weighted by atomic mass is 35.5. The van der Waals surface area contributed by atoms with Crippen LogP contribution in [0.15, 0.2) is 53.7 Å². The lowest BCUT2D eigenvalue weighted by Crippen LogP contribution is -2.38. The van der Waals surface area contributed by atoms with Gasteiger partial charge < -0.3 is 14.8 Å². The number of halogens is 1. The number of hydrogen-bond donors (Lipinski definition) is 1. The Hall–Kier alpha value is -2.79. The maximum absolute atomic E-state index is 13.2. The number of ether oxygens (including phenoxy) is 2. The summed E-state index contributed by atoms with van der Waals surface area (Å²) in [6.07, 6.45) is 1.20. The van der Waals surface area contributed by atoms with Crippen LogP contribution in [0, 0.1) is 0 Å². The molecular weight excluding hydrogens is 390 g/mol. The van der Waals surface area contributed by atoms with Crippen molar-refractivity contribution in [2.24, 2.45) is 0 Å². The van der Waals surface area contributed by atoms with E-state index in [4.69, 9.17) is 21.1 Å². The van der Waals surface area contributed by atoms with Crippen LogP contribution in [0.2, 0.25) is 5.02 Å². The van der Waals surface area contributed by atoms with Crippen LogP contribution in [0.4, 0.5) is 0 Å². The van der Waals surface area contributed by atoms with Gasteiger partial charge in [-0.15, -0.1) is 0 Å². The molecule has 4 rings (SSSR count). The minimum absolute atomic E-state index is 0.0565. The zero-order chi connectivity index (χ0) is 20.5. The Morgan fingerprint density at radius 3 is 2.41 bits per heavy atom. The van der Waals surface area contributed by atoms with Crippen LogP contribution in [0.1, 0.15) is 42.2 Å². The third-order valence-corrected chi connectivity index (χ3v) is 5.94. The molecule has 1 aliphatic heterocycles. The third-order valence-electron chi connectivity index (χ3n) is 5.69. The van der Waals surface area contributed by atoms with Gasteiger partial charge in [0.1, 0.15) is 11.5 Å². The number of rotatable bonds is 4. The van der Waals surface area contributed by atoms with E-state index in [0.29, 0.717) is 40.6 Å². The molecule has 6 heteroatoms. The summed E-state index contributed by atoms with van der Waals surface area (Å²) in [5, 5.41) is 3.58. The van der Waals surface area contributed by atoms with Crippen molar-refractivity contribution in [3.8, 4) is 11.5 Å². The van der Waals surface area contributed by atoms with E-state index in [0.717, 1.165) is 11.1 Å². The third kappa shape index (κ3) is 3.75. The fourth-order valence-electron chi connectivity index (χ4n) is 4.32. The Bertz CT molecular complexity index is 996. The molecule has 0 radical (unpaired) electrons. The fourth-order valence-corrected chi connectivity index (χ4v) is 4.44. The first-order valence-electron chi connectivity index (χ1n) is 9.53. The van der Waals surface area contributed by atoms with Crippen molar-refractivity contribution >= 4 is 23.3 Å². The van der Waals surface area contributed by atoms with Crippen LogP contribution in [-0.2, 0) is 9.59 Å². The lowest BCUT2D eigenvalue weighted by atomic mass is 9.73. The first-order valence-corrected chi connectivity index (χ1v) is 9.91. The van der Waals surface area contributed by atoms with E-state index in [1.165, 1.54) is 0 Å². The number of nitrogens with one attached hydrogen (secondary N) is 1. The molecule has 1 aliphatic carbocycles. The molecule has 29 heavy (non-hydrogen) atoms. The molecule has 2 aliphatic rings. The molecule has 0 unspecified atom stereocenters. The van der Waals surface area contributed by atoms with E-state index in [9.17, 15) is 9.59 Å². The van der Waals surface area contributed by atoms with Crippen molar-refractivity contribution in [2.75, 3.05) is 14.2 Å². The van der Waals surface area contributed by atoms with E-state index in [1.54, 1.807) is 26.4 Å². The summed E-state index contributed by atoms with van der Waals surface area (Å²) in [6.45, 7) is 0. The van der Waals surface area contributed by atoms with E-state index in [1.807, 2.05) is 30.3 Å². The largest absolute Gasteiger partial charge is 0.497 e. The van der Waals surface area contributed by atoms with Gasteiger partial charge >= 0.3 is 0 Å². The lowest BCUT2D eigenvalue weighted by molar-refractivity contribution is -0.122. The number of allylic oxidation sites excluding steroid dienone is 2. The van der Waals surface area contributed by atoms with Gasteiger partial charge in [-0.3, -0.25) is 9.59 Å². The molecular formula is C23H22ClNO4. The minimum Gasteiger partial charge on any atom is -0.497 e. The molecule has 0 saturated carbocycles. The zero-order valence-electron chi connectivity index (χ0n) is 16.3. The zero-order valence-corrected chi connectivity index (χ0v) is 17.1. The molecule has 0 spiro atoms. The summed E-state index contributed by atoms with van der Waals surface area (Å²) in [6, 6.07) is 12.9. The summed E-state index contributed by atoms with van der Waals surface area (Å²) >= 11 is 6.01. The molecule has 0 saturated heterocycles. The van der Waals surface area contributed by atoms with Crippen LogP contribution in [0.5, 0.6) is 11.5 Å². The van der Waals surface area contributed by atoms with E-state index in [-0.39, 0.29) is 29.9 Å². The van der Waals surface area contributed by atoms with Crippen LogP contribution in [0.3, 0.4) is 0 Å². The van der Waals surface area contributed by atoms with Crippen molar-refractivity contribution < 1.29 is 19.1 Å². The minimum atomic E-state index is -0.239. The summed E-state index contributed by atoms with van der Waals surface area (Å²) in [4.78, 5) is 25.6. The maximum Gasteiger partial charge on any atom is 0.225 e. The number of hydrogen-bond acceptors (Lipinski definition) is 4. The number of Topliss-reactive ketones (excluding diaryl/α,β-unsaturated/α-hetero) is 1. The lowest BCUT2D eigenvalue weighted by Gasteiger charge is -2.35. The normalized spacial score (nSPS) is 21.5. The highest BCUT2D eigenvalue weighted by Crippen LogP contribution is 2.45. The molecule has 1 N–H and O–H groups in total. The Morgan fingerprint density at radius 2 is 1.72 bits per heavy atom. The second-order valence-corrected chi connectivity index (χ2v) is 7.82. The molecule has 0 fully saturated rings. The van der Waals surface area contributed by atoms with Crippen LogP contribution < -0.4 is 14.8 Å². The second kappa shape index (κ2) is 7.91. The van der Waals surface area contributed by atoms with Gasteiger partial charge in [-0.1, -0.05) is 23.7 Å². The molecule has 150 valence electrons. The average Bonchev–Trinajstić information content (AvgIpc) is 2.72. The molecule has 0 bridgehead atoms. The average molecular weight is 412 g/mol. The topological polar surface area (TPSA) is 64.6 Å². The summed E-state index contributed by atoms with van der Waals surface area (Å²) in [7, 11) is 3.22.